The Kier molecular flexibility index (Phi) is 2.41. The van der Waals surface area contributed by atoms with E-state index in [0.717, 1.165) is 5.69 Å². The summed E-state index contributed by atoms with van der Waals surface area (Å²) in [5, 5.41) is 0. The molecule has 0 fully saturated rings. The molecule has 1 heterocycles. The number of rotatable bonds is 2. The molecular formula is C8H10FNO. The fourth-order valence-electron chi connectivity index (χ4n) is 0.784. The Bertz CT molecular complexity index is 250. The standard InChI is InChI=1S/C8H10FNO/c1-3-11-8-4-6(2)10-5-7(8)9/h4-5H,3H2,1-2H3. The van der Waals surface area contributed by atoms with Crippen molar-refractivity contribution in [2.75, 3.05) is 6.61 Å². The second-order valence-corrected chi connectivity index (χ2v) is 2.19. The second kappa shape index (κ2) is 3.32. The zero-order valence-electron chi connectivity index (χ0n) is 6.60. The second-order valence-electron chi connectivity index (χ2n) is 2.19. The average molecular weight is 155 g/mol. The van der Waals surface area contributed by atoms with E-state index < -0.39 is 5.82 Å². The lowest BCUT2D eigenvalue weighted by molar-refractivity contribution is 0.320. The van der Waals surface area contributed by atoms with Gasteiger partial charge in [0.15, 0.2) is 11.6 Å². The van der Waals surface area contributed by atoms with Gasteiger partial charge in [-0.3, -0.25) is 4.98 Å². The van der Waals surface area contributed by atoms with E-state index in [1.807, 2.05) is 6.92 Å². The van der Waals surface area contributed by atoms with Crippen molar-refractivity contribution < 1.29 is 9.13 Å². The lowest BCUT2D eigenvalue weighted by atomic mass is 10.3. The maximum atomic E-state index is 12.8. The van der Waals surface area contributed by atoms with Crippen molar-refractivity contribution in [1.29, 1.82) is 0 Å². The van der Waals surface area contributed by atoms with E-state index in [0.29, 0.717) is 6.61 Å². The van der Waals surface area contributed by atoms with E-state index in [1.54, 1.807) is 13.0 Å². The van der Waals surface area contributed by atoms with Crippen LogP contribution in [0, 0.1) is 12.7 Å². The molecule has 0 amide bonds. The molecule has 0 aliphatic heterocycles. The van der Waals surface area contributed by atoms with Crippen LogP contribution in [0.2, 0.25) is 0 Å². The zero-order valence-corrected chi connectivity index (χ0v) is 6.60. The van der Waals surface area contributed by atoms with Crippen LogP contribution in [0.5, 0.6) is 5.75 Å². The van der Waals surface area contributed by atoms with Crippen LogP contribution in [0.15, 0.2) is 12.3 Å². The highest BCUT2D eigenvalue weighted by atomic mass is 19.1. The van der Waals surface area contributed by atoms with E-state index in [2.05, 4.69) is 4.98 Å². The first-order valence-electron chi connectivity index (χ1n) is 3.49. The van der Waals surface area contributed by atoms with Crippen molar-refractivity contribution >= 4 is 0 Å². The van der Waals surface area contributed by atoms with Crippen LogP contribution in [0.1, 0.15) is 12.6 Å². The third-order valence-electron chi connectivity index (χ3n) is 1.26. The highest BCUT2D eigenvalue weighted by Crippen LogP contribution is 2.15. The lowest BCUT2D eigenvalue weighted by Gasteiger charge is -2.03. The van der Waals surface area contributed by atoms with Gasteiger partial charge >= 0.3 is 0 Å². The lowest BCUT2D eigenvalue weighted by Crippen LogP contribution is -1.96. The molecule has 0 N–H and O–H groups in total. The van der Waals surface area contributed by atoms with Gasteiger partial charge in [0, 0.05) is 11.8 Å². The molecule has 0 unspecified atom stereocenters. The predicted octanol–water partition coefficient (Wildman–Crippen LogP) is 1.93. The molecule has 0 spiro atoms. The minimum absolute atomic E-state index is 0.278. The highest BCUT2D eigenvalue weighted by molar-refractivity contribution is 5.23. The summed E-state index contributed by atoms with van der Waals surface area (Å²) in [6.07, 6.45) is 1.17. The van der Waals surface area contributed by atoms with Crippen LogP contribution in [-0.2, 0) is 0 Å². The average Bonchev–Trinajstić information content (AvgIpc) is 1.98. The van der Waals surface area contributed by atoms with Crippen LogP contribution in [0.4, 0.5) is 4.39 Å². The molecule has 1 aromatic rings. The molecule has 2 nitrogen and oxygen atoms in total. The normalized spacial score (nSPS) is 9.73. The fraction of sp³-hybridized carbons (Fsp3) is 0.375. The summed E-state index contributed by atoms with van der Waals surface area (Å²) >= 11 is 0. The summed E-state index contributed by atoms with van der Waals surface area (Å²) in [6.45, 7) is 4.08. The van der Waals surface area contributed by atoms with Crippen molar-refractivity contribution in [2.24, 2.45) is 0 Å². The first-order valence-corrected chi connectivity index (χ1v) is 3.49. The summed E-state index contributed by atoms with van der Waals surface area (Å²) in [7, 11) is 0. The maximum Gasteiger partial charge on any atom is 0.183 e. The van der Waals surface area contributed by atoms with Gasteiger partial charge in [-0.15, -0.1) is 0 Å². The largest absolute Gasteiger partial charge is 0.491 e. The summed E-state index contributed by atoms with van der Waals surface area (Å²) in [4.78, 5) is 3.77. The van der Waals surface area contributed by atoms with E-state index in [4.69, 9.17) is 4.74 Å². The van der Waals surface area contributed by atoms with Gasteiger partial charge in [0.25, 0.3) is 0 Å². The zero-order chi connectivity index (χ0) is 8.27. The molecule has 11 heavy (non-hydrogen) atoms. The number of pyridine rings is 1. The topological polar surface area (TPSA) is 22.1 Å². The van der Waals surface area contributed by atoms with Crippen molar-refractivity contribution in [1.82, 2.24) is 4.98 Å². The van der Waals surface area contributed by atoms with Gasteiger partial charge in [0.2, 0.25) is 0 Å². The molecule has 0 saturated heterocycles. The quantitative estimate of drug-likeness (QED) is 0.651. The minimum atomic E-state index is -0.405. The van der Waals surface area contributed by atoms with Gasteiger partial charge in [0.1, 0.15) is 0 Å². The maximum absolute atomic E-state index is 12.8. The number of hydrogen-bond donors (Lipinski definition) is 0. The molecule has 60 valence electrons. The Morgan fingerprint density at radius 2 is 2.36 bits per heavy atom. The minimum Gasteiger partial charge on any atom is -0.491 e. The van der Waals surface area contributed by atoms with E-state index in [-0.39, 0.29) is 5.75 Å². The van der Waals surface area contributed by atoms with Gasteiger partial charge in [-0.1, -0.05) is 0 Å². The molecule has 0 saturated carbocycles. The van der Waals surface area contributed by atoms with E-state index in [1.165, 1.54) is 6.20 Å². The third kappa shape index (κ3) is 1.90. The Balaban J connectivity index is 2.93. The summed E-state index contributed by atoms with van der Waals surface area (Å²) in [5.41, 5.74) is 0.759. The first kappa shape index (κ1) is 7.98. The predicted molar refractivity (Wildman–Crippen MR) is 40.1 cm³/mol. The Labute approximate surface area is 65.0 Å². The molecule has 0 bridgehead atoms. The molecule has 0 atom stereocenters. The van der Waals surface area contributed by atoms with Crippen LogP contribution in [-0.4, -0.2) is 11.6 Å². The fourth-order valence-corrected chi connectivity index (χ4v) is 0.784. The summed E-state index contributed by atoms with van der Waals surface area (Å²) in [6, 6.07) is 1.58. The van der Waals surface area contributed by atoms with Gasteiger partial charge in [0.05, 0.1) is 12.8 Å². The number of hydrogen-bond acceptors (Lipinski definition) is 2. The molecule has 0 aliphatic carbocycles. The van der Waals surface area contributed by atoms with Gasteiger partial charge in [-0.25, -0.2) is 4.39 Å². The Morgan fingerprint density at radius 3 is 3.00 bits per heavy atom. The monoisotopic (exact) mass is 155 g/mol. The molecule has 0 radical (unpaired) electrons. The molecule has 1 aromatic heterocycles. The molecule has 3 heteroatoms. The van der Waals surface area contributed by atoms with Gasteiger partial charge in [-0.2, -0.15) is 0 Å². The van der Waals surface area contributed by atoms with Crippen molar-refractivity contribution in [3.05, 3.63) is 23.8 Å². The first-order chi connectivity index (χ1) is 5.24. The number of aryl methyl sites for hydroxylation is 1. The number of halogens is 1. The van der Waals surface area contributed by atoms with Crippen LogP contribution in [0.25, 0.3) is 0 Å². The number of ether oxygens (including phenoxy) is 1. The highest BCUT2D eigenvalue weighted by Gasteiger charge is 2.01. The molecule has 0 aromatic carbocycles. The smallest absolute Gasteiger partial charge is 0.183 e. The van der Waals surface area contributed by atoms with Gasteiger partial charge in [-0.05, 0) is 13.8 Å². The molecule has 0 aliphatic rings. The third-order valence-corrected chi connectivity index (χ3v) is 1.26. The Morgan fingerprint density at radius 1 is 1.64 bits per heavy atom. The van der Waals surface area contributed by atoms with Crippen molar-refractivity contribution in [3.63, 3.8) is 0 Å². The molecular weight excluding hydrogens is 145 g/mol. The number of nitrogens with zero attached hydrogens (tertiary/aromatic N) is 1. The Hall–Kier alpha value is -1.12. The molecule has 1 rings (SSSR count). The number of aromatic nitrogens is 1. The van der Waals surface area contributed by atoms with Crippen LogP contribution < -0.4 is 4.74 Å². The summed E-state index contributed by atoms with van der Waals surface area (Å²) in [5.74, 6) is -0.127. The van der Waals surface area contributed by atoms with Crippen molar-refractivity contribution in [2.45, 2.75) is 13.8 Å². The van der Waals surface area contributed by atoms with Gasteiger partial charge < -0.3 is 4.74 Å². The van der Waals surface area contributed by atoms with Crippen LogP contribution >= 0.6 is 0 Å². The van der Waals surface area contributed by atoms with Crippen LogP contribution in [0.3, 0.4) is 0 Å². The van der Waals surface area contributed by atoms with E-state index >= 15 is 0 Å². The van der Waals surface area contributed by atoms with Crippen molar-refractivity contribution in [3.8, 4) is 5.75 Å². The SMILES string of the molecule is CCOc1cc(C)ncc1F. The van der Waals surface area contributed by atoms with E-state index in [9.17, 15) is 4.39 Å². The summed E-state index contributed by atoms with van der Waals surface area (Å²) < 4.78 is 17.8.